The number of primary amides is 1. The fourth-order valence-electron chi connectivity index (χ4n) is 3.08. The third-order valence-electron chi connectivity index (χ3n) is 4.64. The summed E-state index contributed by atoms with van der Waals surface area (Å²) < 4.78 is 5.48. The van der Waals surface area contributed by atoms with Crippen LogP contribution in [0.1, 0.15) is 28.5 Å². The summed E-state index contributed by atoms with van der Waals surface area (Å²) in [7, 11) is 0. The van der Waals surface area contributed by atoms with E-state index in [4.69, 9.17) is 10.5 Å². The van der Waals surface area contributed by atoms with Gasteiger partial charge in [0.2, 0.25) is 0 Å². The van der Waals surface area contributed by atoms with Gasteiger partial charge in [0.25, 0.3) is 11.8 Å². The minimum atomic E-state index is -1.13. The number of benzene rings is 1. The molecule has 23 heavy (non-hydrogen) atoms. The van der Waals surface area contributed by atoms with E-state index in [9.17, 15) is 9.59 Å². The van der Waals surface area contributed by atoms with Crippen LogP contribution in [0.3, 0.4) is 0 Å². The largest absolute Gasteiger partial charge is 0.367 e. The van der Waals surface area contributed by atoms with Gasteiger partial charge in [0.1, 0.15) is 0 Å². The fourth-order valence-corrected chi connectivity index (χ4v) is 3.08. The number of carbonyl (C=O) groups is 2. The Bertz CT molecular complexity index is 796. The van der Waals surface area contributed by atoms with Crippen molar-refractivity contribution in [1.29, 1.82) is 0 Å². The summed E-state index contributed by atoms with van der Waals surface area (Å²) in [6.45, 7) is 6.52. The number of nitrogens with zero attached hydrogens (tertiary/aromatic N) is 1. The zero-order valence-corrected chi connectivity index (χ0v) is 13.6. The van der Waals surface area contributed by atoms with E-state index < -0.39 is 11.5 Å². The highest BCUT2D eigenvalue weighted by Gasteiger charge is 2.39. The molecule has 1 fully saturated rings. The first-order valence-electron chi connectivity index (χ1n) is 7.64. The van der Waals surface area contributed by atoms with Crippen LogP contribution in [0.5, 0.6) is 0 Å². The molecular formula is C17H21N3O3. The van der Waals surface area contributed by atoms with Crippen molar-refractivity contribution in [1.82, 2.24) is 9.88 Å². The van der Waals surface area contributed by atoms with Gasteiger partial charge in [-0.1, -0.05) is 6.07 Å². The van der Waals surface area contributed by atoms with E-state index in [1.165, 1.54) is 0 Å². The highest BCUT2D eigenvalue weighted by Crippen LogP contribution is 2.27. The first-order chi connectivity index (χ1) is 10.8. The second kappa shape index (κ2) is 5.38. The number of aryl methyl sites for hydroxylation is 2. The molecule has 0 bridgehead atoms. The standard InChI is InChI=1S/C17H21N3O3/c1-10-11(2)19-13-6-4-5-12(14(10)13)15(21)20-7-8-23-17(3,9-20)16(18)22/h4-6,19H,7-9H2,1-3H3,(H2,18,22). The Labute approximate surface area is 134 Å². The van der Waals surface area contributed by atoms with Gasteiger partial charge in [-0.3, -0.25) is 9.59 Å². The van der Waals surface area contributed by atoms with Gasteiger partial charge in [-0.25, -0.2) is 0 Å². The molecule has 6 nitrogen and oxygen atoms in total. The van der Waals surface area contributed by atoms with Crippen LogP contribution in [0.4, 0.5) is 0 Å². The van der Waals surface area contributed by atoms with Crippen LogP contribution in [-0.2, 0) is 9.53 Å². The number of ether oxygens (including phenoxy) is 1. The number of morpholine rings is 1. The van der Waals surface area contributed by atoms with Gasteiger partial charge in [0, 0.05) is 28.7 Å². The molecule has 1 aromatic heterocycles. The Kier molecular flexibility index (Phi) is 3.64. The van der Waals surface area contributed by atoms with Crippen molar-refractivity contribution >= 4 is 22.7 Å². The molecule has 6 heteroatoms. The van der Waals surface area contributed by atoms with E-state index in [1.807, 2.05) is 32.0 Å². The molecule has 0 aliphatic carbocycles. The number of aromatic amines is 1. The second-order valence-electron chi connectivity index (χ2n) is 6.27. The van der Waals surface area contributed by atoms with Crippen molar-refractivity contribution in [3.63, 3.8) is 0 Å². The Morgan fingerprint density at radius 1 is 1.35 bits per heavy atom. The number of rotatable bonds is 2. The topological polar surface area (TPSA) is 88.4 Å². The van der Waals surface area contributed by atoms with Crippen molar-refractivity contribution in [2.24, 2.45) is 5.73 Å². The van der Waals surface area contributed by atoms with E-state index in [1.54, 1.807) is 11.8 Å². The molecule has 0 radical (unpaired) electrons. The molecule has 3 rings (SSSR count). The summed E-state index contributed by atoms with van der Waals surface area (Å²) in [5, 5.41) is 0.933. The molecule has 1 atom stereocenters. The monoisotopic (exact) mass is 315 g/mol. The predicted molar refractivity (Wildman–Crippen MR) is 87.2 cm³/mol. The van der Waals surface area contributed by atoms with Gasteiger partial charge in [0.05, 0.1) is 13.2 Å². The van der Waals surface area contributed by atoms with E-state index in [0.29, 0.717) is 18.7 Å². The number of carbonyl (C=O) groups excluding carboxylic acids is 2. The summed E-state index contributed by atoms with van der Waals surface area (Å²) in [5.41, 5.74) is 7.97. The zero-order valence-electron chi connectivity index (χ0n) is 13.6. The highest BCUT2D eigenvalue weighted by molar-refractivity contribution is 6.08. The minimum Gasteiger partial charge on any atom is -0.367 e. The number of hydrogen-bond acceptors (Lipinski definition) is 3. The van der Waals surface area contributed by atoms with Crippen molar-refractivity contribution < 1.29 is 14.3 Å². The molecule has 2 amide bonds. The highest BCUT2D eigenvalue weighted by atomic mass is 16.5. The van der Waals surface area contributed by atoms with Crippen LogP contribution in [0.2, 0.25) is 0 Å². The maximum Gasteiger partial charge on any atom is 0.254 e. The maximum atomic E-state index is 13.0. The van der Waals surface area contributed by atoms with Gasteiger partial charge < -0.3 is 20.4 Å². The molecular weight excluding hydrogens is 294 g/mol. The number of hydrogen-bond donors (Lipinski definition) is 2. The molecule has 2 aromatic rings. The molecule has 3 N–H and O–H groups in total. The summed E-state index contributed by atoms with van der Waals surface area (Å²) >= 11 is 0. The van der Waals surface area contributed by atoms with Crippen LogP contribution in [0.15, 0.2) is 18.2 Å². The maximum absolute atomic E-state index is 13.0. The molecule has 1 aliphatic rings. The molecule has 0 saturated carbocycles. The number of nitrogens with one attached hydrogen (secondary N) is 1. The third kappa shape index (κ3) is 2.49. The van der Waals surface area contributed by atoms with E-state index in [0.717, 1.165) is 22.2 Å². The summed E-state index contributed by atoms with van der Waals surface area (Å²) in [6, 6.07) is 5.64. The SMILES string of the molecule is Cc1[nH]c2cccc(C(=O)N3CCOC(C)(C(N)=O)C3)c2c1C. The number of H-pyrrole nitrogens is 1. The molecule has 122 valence electrons. The smallest absolute Gasteiger partial charge is 0.254 e. The lowest BCUT2D eigenvalue weighted by atomic mass is 10.0. The number of nitrogens with two attached hydrogens (primary N) is 1. The Hall–Kier alpha value is -2.34. The van der Waals surface area contributed by atoms with E-state index >= 15 is 0 Å². The molecule has 1 saturated heterocycles. The van der Waals surface area contributed by atoms with Gasteiger partial charge in [-0.15, -0.1) is 0 Å². The van der Waals surface area contributed by atoms with Crippen molar-refractivity contribution in [2.45, 2.75) is 26.4 Å². The van der Waals surface area contributed by atoms with Gasteiger partial charge >= 0.3 is 0 Å². The number of aromatic nitrogens is 1. The fraction of sp³-hybridized carbons (Fsp3) is 0.412. The van der Waals surface area contributed by atoms with Crippen LogP contribution in [-0.4, -0.2) is 47.0 Å². The first kappa shape index (κ1) is 15.6. The van der Waals surface area contributed by atoms with E-state index in [-0.39, 0.29) is 12.5 Å². The molecule has 1 aromatic carbocycles. The van der Waals surface area contributed by atoms with Crippen molar-refractivity contribution in [2.75, 3.05) is 19.7 Å². The minimum absolute atomic E-state index is 0.103. The summed E-state index contributed by atoms with van der Waals surface area (Å²) in [6.07, 6.45) is 0. The van der Waals surface area contributed by atoms with Crippen LogP contribution in [0.25, 0.3) is 10.9 Å². The first-order valence-corrected chi connectivity index (χ1v) is 7.64. The van der Waals surface area contributed by atoms with Gasteiger partial charge in [-0.2, -0.15) is 0 Å². The normalized spacial score (nSPS) is 21.6. The molecule has 0 spiro atoms. The van der Waals surface area contributed by atoms with Gasteiger partial charge in [-0.05, 0) is 38.5 Å². The second-order valence-corrected chi connectivity index (χ2v) is 6.27. The number of fused-ring (bicyclic) bond motifs is 1. The van der Waals surface area contributed by atoms with Gasteiger partial charge in [0.15, 0.2) is 5.60 Å². The average Bonchev–Trinajstić information content (AvgIpc) is 2.81. The van der Waals surface area contributed by atoms with Crippen LogP contribution < -0.4 is 5.73 Å². The zero-order chi connectivity index (χ0) is 16.8. The van der Waals surface area contributed by atoms with Crippen LogP contribution >= 0.6 is 0 Å². The summed E-state index contributed by atoms with van der Waals surface area (Å²) in [5.74, 6) is -0.657. The quantitative estimate of drug-likeness (QED) is 0.880. The number of amides is 2. The van der Waals surface area contributed by atoms with Crippen molar-refractivity contribution in [3.05, 3.63) is 35.0 Å². The lowest BCUT2D eigenvalue weighted by molar-refractivity contribution is -0.150. The molecule has 1 unspecified atom stereocenters. The van der Waals surface area contributed by atoms with E-state index in [2.05, 4.69) is 4.98 Å². The Morgan fingerprint density at radius 3 is 2.78 bits per heavy atom. The summed E-state index contributed by atoms with van der Waals surface area (Å²) in [4.78, 5) is 29.5. The Balaban J connectivity index is 1.99. The Morgan fingerprint density at radius 2 is 2.09 bits per heavy atom. The molecule has 1 aliphatic heterocycles. The lowest BCUT2D eigenvalue weighted by Gasteiger charge is -2.38. The molecule has 2 heterocycles. The van der Waals surface area contributed by atoms with Crippen LogP contribution in [0, 0.1) is 13.8 Å². The lowest BCUT2D eigenvalue weighted by Crippen LogP contribution is -2.58. The van der Waals surface area contributed by atoms with Crippen molar-refractivity contribution in [3.8, 4) is 0 Å². The predicted octanol–water partition coefficient (Wildman–Crippen LogP) is 1.50. The average molecular weight is 315 g/mol. The third-order valence-corrected chi connectivity index (χ3v) is 4.64.